The van der Waals surface area contributed by atoms with Gasteiger partial charge in [0.25, 0.3) is 10.0 Å². The van der Waals surface area contributed by atoms with Crippen LogP contribution in [0.1, 0.15) is 25.0 Å². The minimum atomic E-state index is -4.13. The molecule has 170 valence electrons. The van der Waals surface area contributed by atoms with Crippen molar-refractivity contribution >= 4 is 44.6 Å². The molecule has 1 saturated heterocycles. The molecule has 1 aliphatic rings. The molecule has 0 unspecified atom stereocenters. The van der Waals surface area contributed by atoms with E-state index < -0.39 is 15.8 Å². The molecule has 2 aromatic heterocycles. The van der Waals surface area contributed by atoms with Crippen molar-refractivity contribution in [2.45, 2.75) is 37.6 Å². The summed E-state index contributed by atoms with van der Waals surface area (Å²) in [5, 5.41) is 2.66. The van der Waals surface area contributed by atoms with Crippen LogP contribution in [0.4, 0.5) is 10.1 Å². The fourth-order valence-electron chi connectivity index (χ4n) is 3.58. The summed E-state index contributed by atoms with van der Waals surface area (Å²) in [6, 6.07) is 5.08. The first-order chi connectivity index (χ1) is 15.2. The molecule has 1 amide bonds. The van der Waals surface area contributed by atoms with Gasteiger partial charge in [0, 0.05) is 35.4 Å². The highest BCUT2D eigenvalue weighted by atomic mass is 35.5. The molecule has 32 heavy (non-hydrogen) atoms. The Hall–Kier alpha value is -2.43. The number of nitrogens with one attached hydrogen (secondary N) is 1. The van der Waals surface area contributed by atoms with E-state index >= 15 is 0 Å². The maximum Gasteiger partial charge on any atom is 0.263 e. The Labute approximate surface area is 194 Å². The van der Waals surface area contributed by atoms with Crippen molar-refractivity contribution in [3.63, 3.8) is 0 Å². The molecule has 1 aromatic carbocycles. The highest BCUT2D eigenvalue weighted by molar-refractivity contribution is 7.92. The van der Waals surface area contributed by atoms with Gasteiger partial charge in [-0.2, -0.15) is 0 Å². The van der Waals surface area contributed by atoms with E-state index in [1.54, 1.807) is 9.47 Å². The number of rotatable bonds is 6. The van der Waals surface area contributed by atoms with Crippen molar-refractivity contribution in [1.29, 1.82) is 0 Å². The number of sulfonamides is 1. The Bertz CT molecular complexity index is 1250. The number of hydrogen-bond donors (Lipinski definition) is 1. The second-order valence-corrected chi connectivity index (χ2v) is 10.6. The highest BCUT2D eigenvalue weighted by Crippen LogP contribution is 2.30. The number of piperidine rings is 1. The number of benzene rings is 1. The molecule has 0 aliphatic carbocycles. The van der Waals surface area contributed by atoms with Crippen molar-refractivity contribution in [2.75, 3.05) is 17.8 Å². The summed E-state index contributed by atoms with van der Waals surface area (Å²) >= 11 is 7.24. The quantitative estimate of drug-likeness (QED) is 0.543. The summed E-state index contributed by atoms with van der Waals surface area (Å²) in [5.74, 6) is -0.818. The minimum absolute atomic E-state index is 0.00495. The molecule has 1 fully saturated rings. The number of aryl methyl sites for hydroxylation is 1. The van der Waals surface area contributed by atoms with Gasteiger partial charge >= 0.3 is 0 Å². The lowest BCUT2D eigenvalue weighted by molar-refractivity contribution is -0.132. The molecule has 0 atom stereocenters. The molecule has 7 nitrogen and oxygen atoms in total. The zero-order valence-electron chi connectivity index (χ0n) is 17.3. The van der Waals surface area contributed by atoms with E-state index in [0.29, 0.717) is 23.8 Å². The molecule has 0 bridgehead atoms. The Kier molecular flexibility index (Phi) is 6.55. The molecule has 0 saturated carbocycles. The maximum atomic E-state index is 14.1. The van der Waals surface area contributed by atoms with Crippen LogP contribution in [0.25, 0.3) is 10.7 Å². The van der Waals surface area contributed by atoms with E-state index in [2.05, 4.69) is 9.71 Å². The summed E-state index contributed by atoms with van der Waals surface area (Å²) in [6.45, 7) is 3.24. The number of thiazole rings is 1. The van der Waals surface area contributed by atoms with Crippen LogP contribution in [-0.4, -0.2) is 41.9 Å². The first-order valence-electron chi connectivity index (χ1n) is 10.1. The van der Waals surface area contributed by atoms with Gasteiger partial charge in [-0.1, -0.05) is 11.6 Å². The van der Waals surface area contributed by atoms with Crippen molar-refractivity contribution in [1.82, 2.24) is 14.5 Å². The molecular weight excluding hydrogens is 475 g/mol. The third kappa shape index (κ3) is 4.97. The van der Waals surface area contributed by atoms with Gasteiger partial charge < -0.3 is 9.47 Å². The Balaban J connectivity index is 1.68. The van der Waals surface area contributed by atoms with Crippen LogP contribution in [0.3, 0.4) is 0 Å². The number of carbonyl (C=O) groups excluding carboxylic acids is 1. The number of anilines is 1. The van der Waals surface area contributed by atoms with Crippen LogP contribution >= 0.6 is 22.9 Å². The number of aromatic nitrogens is 2. The van der Waals surface area contributed by atoms with Gasteiger partial charge in [-0.3, -0.25) is 9.52 Å². The molecule has 1 N–H and O–H groups in total. The molecule has 11 heteroatoms. The van der Waals surface area contributed by atoms with Crippen molar-refractivity contribution < 1.29 is 17.6 Å². The standard InChI is InChI=1S/C21H22ClFN4O3S2/c1-14-13-31-21(24-14)19-10-16(11-27(19)12-20(28)26-7-3-2-4-8-26)32(29,30)25-18-9-15(22)5-6-17(18)23/h5-6,9-11,13,25H,2-4,7-8,12H2,1H3. The van der Waals surface area contributed by atoms with Crippen LogP contribution in [0.5, 0.6) is 0 Å². The summed E-state index contributed by atoms with van der Waals surface area (Å²) in [4.78, 5) is 19.0. The number of hydrogen-bond acceptors (Lipinski definition) is 5. The van der Waals surface area contributed by atoms with Gasteiger partial charge in [0.05, 0.1) is 11.4 Å². The maximum absolute atomic E-state index is 14.1. The summed E-state index contributed by atoms with van der Waals surface area (Å²) in [7, 11) is -4.13. The van der Waals surface area contributed by atoms with E-state index in [4.69, 9.17) is 11.6 Å². The van der Waals surface area contributed by atoms with Crippen LogP contribution in [0.15, 0.2) is 40.7 Å². The van der Waals surface area contributed by atoms with E-state index in [9.17, 15) is 17.6 Å². The van der Waals surface area contributed by atoms with E-state index in [-0.39, 0.29) is 28.1 Å². The first kappa shape index (κ1) is 22.8. The topological polar surface area (TPSA) is 84.3 Å². The van der Waals surface area contributed by atoms with Crippen LogP contribution in [0, 0.1) is 12.7 Å². The number of carbonyl (C=O) groups is 1. The third-order valence-corrected chi connectivity index (χ3v) is 7.76. The van der Waals surface area contributed by atoms with Crippen LogP contribution in [0.2, 0.25) is 5.02 Å². The smallest absolute Gasteiger partial charge is 0.263 e. The van der Waals surface area contributed by atoms with Gasteiger partial charge in [0.15, 0.2) is 0 Å². The normalized spacial score (nSPS) is 14.5. The minimum Gasteiger partial charge on any atom is -0.341 e. The summed E-state index contributed by atoms with van der Waals surface area (Å²) in [5.41, 5.74) is 1.06. The lowest BCUT2D eigenvalue weighted by Gasteiger charge is -2.27. The molecule has 3 heterocycles. The second-order valence-electron chi connectivity index (χ2n) is 7.65. The van der Waals surface area contributed by atoms with E-state index in [1.807, 2.05) is 12.3 Å². The molecule has 3 aromatic rings. The number of likely N-dealkylation sites (tertiary alicyclic amines) is 1. The first-order valence-corrected chi connectivity index (χ1v) is 12.9. The fourth-order valence-corrected chi connectivity index (χ4v) is 5.68. The number of amides is 1. The second kappa shape index (κ2) is 9.21. The predicted octanol–water partition coefficient (Wildman–Crippen LogP) is 4.53. The van der Waals surface area contributed by atoms with Gasteiger partial charge in [0.2, 0.25) is 5.91 Å². The summed E-state index contributed by atoms with van der Waals surface area (Å²) < 4.78 is 44.0. The SMILES string of the molecule is Cc1csc(-c2cc(S(=O)(=O)Nc3cc(Cl)ccc3F)cn2CC(=O)N2CCCCC2)n1. The van der Waals surface area contributed by atoms with Gasteiger partial charge in [0.1, 0.15) is 22.3 Å². The van der Waals surface area contributed by atoms with E-state index in [0.717, 1.165) is 31.0 Å². The molecule has 1 aliphatic heterocycles. The van der Waals surface area contributed by atoms with Gasteiger partial charge in [-0.25, -0.2) is 17.8 Å². The largest absolute Gasteiger partial charge is 0.341 e. The third-order valence-electron chi connectivity index (χ3n) is 5.21. The Morgan fingerprint density at radius 1 is 1.25 bits per heavy atom. The van der Waals surface area contributed by atoms with Crippen molar-refractivity contribution in [3.05, 3.63) is 52.4 Å². The van der Waals surface area contributed by atoms with Crippen molar-refractivity contribution in [3.8, 4) is 10.7 Å². The lowest BCUT2D eigenvalue weighted by atomic mass is 10.1. The van der Waals surface area contributed by atoms with Gasteiger partial charge in [-0.15, -0.1) is 11.3 Å². The van der Waals surface area contributed by atoms with Crippen molar-refractivity contribution in [2.24, 2.45) is 0 Å². The number of halogens is 2. The molecule has 4 rings (SSSR count). The molecule has 0 radical (unpaired) electrons. The predicted molar refractivity (Wildman–Crippen MR) is 123 cm³/mol. The molecule has 0 spiro atoms. The van der Waals surface area contributed by atoms with Crippen LogP contribution in [-0.2, 0) is 21.4 Å². The average molecular weight is 497 g/mol. The molecular formula is C21H22ClFN4O3S2. The monoisotopic (exact) mass is 496 g/mol. The fraction of sp³-hybridized carbons (Fsp3) is 0.333. The van der Waals surface area contributed by atoms with Gasteiger partial charge in [-0.05, 0) is 50.5 Å². The zero-order valence-corrected chi connectivity index (χ0v) is 19.7. The average Bonchev–Trinajstić information content (AvgIpc) is 3.38. The Morgan fingerprint density at radius 3 is 2.69 bits per heavy atom. The van der Waals surface area contributed by atoms with E-state index in [1.165, 1.54) is 35.7 Å². The Morgan fingerprint density at radius 2 is 2.00 bits per heavy atom. The zero-order chi connectivity index (χ0) is 22.9. The van der Waals surface area contributed by atoms with Crippen LogP contribution < -0.4 is 4.72 Å². The summed E-state index contributed by atoms with van der Waals surface area (Å²) in [6.07, 6.45) is 4.42. The lowest BCUT2D eigenvalue weighted by Crippen LogP contribution is -2.37. The number of nitrogens with zero attached hydrogens (tertiary/aromatic N) is 3. The highest BCUT2D eigenvalue weighted by Gasteiger charge is 2.24.